The average molecular weight is 438 g/mol. The molecule has 0 spiro atoms. The van der Waals surface area contributed by atoms with Gasteiger partial charge in [-0.3, -0.25) is 4.79 Å². The lowest BCUT2D eigenvalue weighted by atomic mass is 9.86. The van der Waals surface area contributed by atoms with Crippen molar-refractivity contribution >= 4 is 40.2 Å². The lowest BCUT2D eigenvalue weighted by Gasteiger charge is -2.29. The van der Waals surface area contributed by atoms with Gasteiger partial charge < -0.3 is 15.5 Å². The van der Waals surface area contributed by atoms with Crippen molar-refractivity contribution in [2.75, 3.05) is 30.9 Å². The first-order valence-electron chi connectivity index (χ1n) is 10.7. The molecular weight excluding hydrogens is 410 g/mol. The number of rotatable bonds is 6. The van der Waals surface area contributed by atoms with E-state index >= 15 is 0 Å². The highest BCUT2D eigenvalue weighted by Gasteiger charge is 2.23. The number of carbonyl (C=O) groups is 1. The van der Waals surface area contributed by atoms with Crippen LogP contribution in [0, 0.1) is 5.92 Å². The molecule has 2 aromatic carbocycles. The van der Waals surface area contributed by atoms with E-state index in [1.165, 1.54) is 0 Å². The number of benzene rings is 2. The first-order valence-corrected chi connectivity index (χ1v) is 11.1. The molecule has 0 radical (unpaired) electrons. The van der Waals surface area contributed by atoms with Crippen molar-refractivity contribution in [2.45, 2.75) is 31.7 Å². The maximum atomic E-state index is 12.4. The summed E-state index contributed by atoms with van der Waals surface area (Å²) in [5.74, 6) is 1.97. The minimum Gasteiger partial charge on any atom is -0.362 e. The molecular formula is C24H28ClN5O. The number of anilines is 2. The molecule has 1 fully saturated rings. The van der Waals surface area contributed by atoms with Crippen LogP contribution in [0.3, 0.4) is 0 Å². The quantitative estimate of drug-likeness (QED) is 0.582. The Hall–Kier alpha value is -2.86. The Morgan fingerprint density at radius 3 is 2.48 bits per heavy atom. The van der Waals surface area contributed by atoms with E-state index in [4.69, 9.17) is 21.6 Å². The van der Waals surface area contributed by atoms with Gasteiger partial charge in [0.25, 0.3) is 5.91 Å². The Kier molecular flexibility index (Phi) is 6.56. The monoisotopic (exact) mass is 437 g/mol. The zero-order valence-electron chi connectivity index (χ0n) is 17.9. The van der Waals surface area contributed by atoms with Crippen LogP contribution in [-0.4, -0.2) is 42.6 Å². The number of fused-ring (bicyclic) bond motifs is 1. The molecule has 0 saturated heterocycles. The standard InChI is InChI=1S/C24H28ClN5O/c1-30(2)22-19-8-4-6-10-21(19)28-24(29-22)27-17-13-11-16(12-14-17)15-26-23(31)18-7-3-5-9-20(18)25/h3-10,16-17H,11-15H2,1-2H3,(H,26,31)(H,27,28,29)/t16-,17+. The van der Waals surface area contributed by atoms with E-state index in [1.807, 2.05) is 49.3 Å². The molecule has 162 valence electrons. The smallest absolute Gasteiger partial charge is 0.252 e. The van der Waals surface area contributed by atoms with Gasteiger partial charge >= 0.3 is 0 Å². The summed E-state index contributed by atoms with van der Waals surface area (Å²) >= 11 is 6.12. The summed E-state index contributed by atoms with van der Waals surface area (Å²) in [5, 5.41) is 8.11. The van der Waals surface area contributed by atoms with Gasteiger partial charge in [-0.1, -0.05) is 35.9 Å². The number of carbonyl (C=O) groups excluding carboxylic acids is 1. The van der Waals surface area contributed by atoms with Gasteiger partial charge in [-0.15, -0.1) is 0 Å². The molecule has 0 unspecified atom stereocenters. The Bertz CT molecular complexity index is 1060. The van der Waals surface area contributed by atoms with Crippen LogP contribution in [0.4, 0.5) is 11.8 Å². The molecule has 1 heterocycles. The predicted molar refractivity (Wildman–Crippen MR) is 127 cm³/mol. The Morgan fingerprint density at radius 2 is 1.74 bits per heavy atom. The molecule has 1 amide bonds. The van der Waals surface area contributed by atoms with Crippen LogP contribution in [0.5, 0.6) is 0 Å². The fourth-order valence-corrected chi connectivity index (χ4v) is 4.36. The van der Waals surface area contributed by atoms with E-state index in [9.17, 15) is 4.79 Å². The summed E-state index contributed by atoms with van der Waals surface area (Å²) in [5.41, 5.74) is 1.48. The third kappa shape index (κ3) is 5.07. The van der Waals surface area contributed by atoms with Gasteiger partial charge in [-0.25, -0.2) is 4.98 Å². The van der Waals surface area contributed by atoms with Gasteiger partial charge in [0.1, 0.15) is 5.82 Å². The minimum absolute atomic E-state index is 0.105. The summed E-state index contributed by atoms with van der Waals surface area (Å²) < 4.78 is 0. The zero-order valence-corrected chi connectivity index (χ0v) is 18.7. The fourth-order valence-electron chi connectivity index (χ4n) is 4.14. The maximum Gasteiger partial charge on any atom is 0.252 e. The molecule has 6 nitrogen and oxygen atoms in total. The highest BCUT2D eigenvalue weighted by Crippen LogP contribution is 2.28. The van der Waals surface area contributed by atoms with Crippen molar-refractivity contribution in [3.05, 3.63) is 59.1 Å². The lowest BCUT2D eigenvalue weighted by Crippen LogP contribution is -2.34. The number of hydrogen-bond donors (Lipinski definition) is 2. The molecule has 1 saturated carbocycles. The zero-order chi connectivity index (χ0) is 21.8. The number of halogens is 1. The molecule has 0 bridgehead atoms. The summed E-state index contributed by atoms with van der Waals surface area (Å²) in [6.07, 6.45) is 4.16. The number of nitrogens with one attached hydrogen (secondary N) is 2. The molecule has 1 aromatic heterocycles. The SMILES string of the molecule is CN(C)c1nc(N[C@H]2CC[C@@H](CNC(=O)c3ccccc3Cl)CC2)nc2ccccc12. The number of nitrogens with zero attached hydrogens (tertiary/aromatic N) is 3. The fraction of sp³-hybridized carbons (Fsp3) is 0.375. The summed E-state index contributed by atoms with van der Waals surface area (Å²) in [4.78, 5) is 23.9. The summed E-state index contributed by atoms with van der Waals surface area (Å²) in [6.45, 7) is 0.675. The van der Waals surface area contributed by atoms with E-state index in [2.05, 4.69) is 16.7 Å². The van der Waals surface area contributed by atoms with Crippen molar-refractivity contribution in [1.29, 1.82) is 0 Å². The van der Waals surface area contributed by atoms with Gasteiger partial charge in [-0.05, 0) is 55.9 Å². The molecule has 1 aliphatic carbocycles. The van der Waals surface area contributed by atoms with Gasteiger partial charge in [0, 0.05) is 32.1 Å². The second-order valence-electron chi connectivity index (χ2n) is 8.33. The maximum absolute atomic E-state index is 12.4. The van der Waals surface area contributed by atoms with Crippen LogP contribution < -0.4 is 15.5 Å². The first kappa shape index (κ1) is 21.4. The normalized spacial score (nSPS) is 18.5. The van der Waals surface area contributed by atoms with Crippen molar-refractivity contribution in [3.63, 3.8) is 0 Å². The third-order valence-corrected chi connectivity index (χ3v) is 6.19. The predicted octanol–water partition coefficient (Wildman–Crippen LogP) is 4.75. The van der Waals surface area contributed by atoms with Gasteiger partial charge in [0.05, 0.1) is 16.1 Å². The van der Waals surface area contributed by atoms with Crippen molar-refractivity contribution in [3.8, 4) is 0 Å². The van der Waals surface area contributed by atoms with Crippen molar-refractivity contribution < 1.29 is 4.79 Å². The molecule has 3 aromatic rings. The van der Waals surface area contributed by atoms with Crippen LogP contribution in [0.25, 0.3) is 10.9 Å². The lowest BCUT2D eigenvalue weighted by molar-refractivity contribution is 0.0943. The van der Waals surface area contributed by atoms with E-state index in [0.717, 1.165) is 42.4 Å². The van der Waals surface area contributed by atoms with Gasteiger partial charge in [0.15, 0.2) is 0 Å². The minimum atomic E-state index is -0.105. The van der Waals surface area contributed by atoms with Gasteiger partial charge in [-0.2, -0.15) is 4.98 Å². The van der Waals surface area contributed by atoms with E-state index in [-0.39, 0.29) is 5.91 Å². The molecule has 7 heteroatoms. The summed E-state index contributed by atoms with van der Waals surface area (Å²) in [6, 6.07) is 15.6. The molecule has 0 aliphatic heterocycles. The second-order valence-corrected chi connectivity index (χ2v) is 8.74. The van der Waals surface area contributed by atoms with E-state index in [1.54, 1.807) is 12.1 Å². The molecule has 31 heavy (non-hydrogen) atoms. The molecule has 2 N–H and O–H groups in total. The number of amides is 1. The first-order chi connectivity index (χ1) is 15.0. The number of aromatic nitrogens is 2. The molecule has 0 atom stereocenters. The van der Waals surface area contributed by atoms with Crippen molar-refractivity contribution in [1.82, 2.24) is 15.3 Å². The van der Waals surface area contributed by atoms with Gasteiger partial charge in [0.2, 0.25) is 5.95 Å². The Balaban J connectivity index is 1.32. The number of para-hydroxylation sites is 1. The Morgan fingerprint density at radius 1 is 1.03 bits per heavy atom. The van der Waals surface area contributed by atoms with Crippen LogP contribution in [0.2, 0.25) is 5.02 Å². The topological polar surface area (TPSA) is 70.2 Å². The molecule has 4 rings (SSSR count). The largest absolute Gasteiger partial charge is 0.362 e. The Labute approximate surface area is 188 Å². The highest BCUT2D eigenvalue weighted by molar-refractivity contribution is 6.33. The average Bonchev–Trinajstić information content (AvgIpc) is 2.78. The van der Waals surface area contributed by atoms with Crippen LogP contribution in [0.15, 0.2) is 48.5 Å². The van der Waals surface area contributed by atoms with Crippen LogP contribution in [0.1, 0.15) is 36.0 Å². The van der Waals surface area contributed by atoms with Crippen LogP contribution >= 0.6 is 11.6 Å². The highest BCUT2D eigenvalue weighted by atomic mass is 35.5. The third-order valence-electron chi connectivity index (χ3n) is 5.86. The van der Waals surface area contributed by atoms with Crippen LogP contribution in [-0.2, 0) is 0 Å². The van der Waals surface area contributed by atoms with Crippen molar-refractivity contribution in [2.24, 2.45) is 5.92 Å². The van der Waals surface area contributed by atoms with E-state index in [0.29, 0.717) is 35.0 Å². The second kappa shape index (κ2) is 9.52. The van der Waals surface area contributed by atoms with E-state index < -0.39 is 0 Å². The number of hydrogen-bond acceptors (Lipinski definition) is 5. The summed E-state index contributed by atoms with van der Waals surface area (Å²) in [7, 11) is 4.00. The molecule has 1 aliphatic rings.